The van der Waals surface area contributed by atoms with E-state index >= 15 is 0 Å². The van der Waals surface area contributed by atoms with Gasteiger partial charge in [-0.3, -0.25) is 0 Å². The van der Waals surface area contributed by atoms with E-state index in [-0.39, 0.29) is 5.28 Å². The Morgan fingerprint density at radius 1 is 1.37 bits per heavy atom. The summed E-state index contributed by atoms with van der Waals surface area (Å²) >= 11 is 6.03. The molecule has 102 valence electrons. The Morgan fingerprint density at radius 3 is 3.11 bits per heavy atom. The molecule has 0 spiro atoms. The number of hydrogen-bond acceptors (Lipinski definition) is 4. The van der Waals surface area contributed by atoms with Gasteiger partial charge in [-0.25, -0.2) is 4.98 Å². The smallest absolute Gasteiger partial charge is 0.226 e. The van der Waals surface area contributed by atoms with Crippen LogP contribution in [0.4, 0.5) is 5.82 Å². The van der Waals surface area contributed by atoms with Gasteiger partial charge in [-0.1, -0.05) is 19.8 Å². The average molecular weight is 280 g/mol. The second kappa shape index (κ2) is 5.33. The van der Waals surface area contributed by atoms with Gasteiger partial charge < -0.3 is 9.88 Å². The highest BCUT2D eigenvalue weighted by molar-refractivity contribution is 6.28. The van der Waals surface area contributed by atoms with E-state index in [1.165, 1.54) is 25.7 Å². The quantitative estimate of drug-likeness (QED) is 0.858. The molecule has 1 aliphatic heterocycles. The number of aromatic nitrogens is 4. The standard InChI is InChI=1S/C13H18ClN5/c1-2-9-6-4-3-5-7-19(9)12-10-11(16-8-15-10)17-13(14)18-12/h8-9H,2-7H2,1H3,(H,15,16,17,18). The van der Waals surface area contributed by atoms with Crippen molar-refractivity contribution in [2.24, 2.45) is 0 Å². The highest BCUT2D eigenvalue weighted by Gasteiger charge is 2.24. The van der Waals surface area contributed by atoms with Gasteiger partial charge in [-0.05, 0) is 30.9 Å². The number of H-pyrrole nitrogens is 1. The van der Waals surface area contributed by atoms with Crippen LogP contribution in [0.3, 0.4) is 0 Å². The van der Waals surface area contributed by atoms with Gasteiger partial charge in [-0.15, -0.1) is 0 Å². The van der Waals surface area contributed by atoms with Crippen molar-refractivity contribution in [1.82, 2.24) is 19.9 Å². The van der Waals surface area contributed by atoms with Crippen molar-refractivity contribution in [3.8, 4) is 0 Å². The molecule has 19 heavy (non-hydrogen) atoms. The Balaban J connectivity index is 2.07. The molecule has 1 N–H and O–H groups in total. The van der Waals surface area contributed by atoms with Gasteiger partial charge in [-0.2, -0.15) is 9.97 Å². The SMILES string of the molecule is CCC1CCCCCN1c1nc(Cl)nc2nc[nH]c12. The van der Waals surface area contributed by atoms with E-state index in [4.69, 9.17) is 11.6 Å². The lowest BCUT2D eigenvalue weighted by Crippen LogP contribution is -2.35. The first kappa shape index (κ1) is 12.7. The first-order valence-corrected chi connectivity index (χ1v) is 7.30. The summed E-state index contributed by atoms with van der Waals surface area (Å²) in [6.07, 6.45) is 7.77. The number of anilines is 1. The Labute approximate surface area is 117 Å². The molecule has 2 aromatic rings. The van der Waals surface area contributed by atoms with Crippen LogP contribution in [0.1, 0.15) is 39.0 Å². The van der Waals surface area contributed by atoms with Gasteiger partial charge in [0, 0.05) is 12.6 Å². The Kier molecular flexibility index (Phi) is 3.55. The van der Waals surface area contributed by atoms with Crippen molar-refractivity contribution >= 4 is 28.6 Å². The number of nitrogens with one attached hydrogen (secondary N) is 1. The molecule has 3 heterocycles. The normalized spacial score (nSPS) is 20.7. The molecule has 1 atom stereocenters. The van der Waals surface area contributed by atoms with Crippen molar-refractivity contribution in [1.29, 1.82) is 0 Å². The number of fused-ring (bicyclic) bond motifs is 1. The van der Waals surface area contributed by atoms with E-state index in [0.717, 1.165) is 24.3 Å². The van der Waals surface area contributed by atoms with Crippen LogP contribution in [0.25, 0.3) is 11.2 Å². The van der Waals surface area contributed by atoms with Crippen LogP contribution in [-0.2, 0) is 0 Å². The van der Waals surface area contributed by atoms with E-state index in [2.05, 4.69) is 31.8 Å². The van der Waals surface area contributed by atoms with E-state index < -0.39 is 0 Å². The van der Waals surface area contributed by atoms with E-state index in [1.54, 1.807) is 6.33 Å². The lowest BCUT2D eigenvalue weighted by Gasteiger charge is -2.30. The maximum Gasteiger partial charge on any atom is 0.226 e. The number of halogens is 1. The minimum absolute atomic E-state index is 0.272. The zero-order chi connectivity index (χ0) is 13.2. The van der Waals surface area contributed by atoms with Gasteiger partial charge in [0.2, 0.25) is 5.28 Å². The van der Waals surface area contributed by atoms with Crippen molar-refractivity contribution in [3.05, 3.63) is 11.6 Å². The fourth-order valence-electron chi connectivity index (χ4n) is 2.88. The maximum atomic E-state index is 6.03. The molecule has 0 radical (unpaired) electrons. The summed E-state index contributed by atoms with van der Waals surface area (Å²) < 4.78 is 0. The van der Waals surface area contributed by atoms with Crippen molar-refractivity contribution < 1.29 is 0 Å². The third-order valence-corrected chi connectivity index (χ3v) is 4.03. The fraction of sp³-hybridized carbons (Fsp3) is 0.615. The van der Waals surface area contributed by atoms with Crippen LogP contribution in [0.15, 0.2) is 6.33 Å². The monoisotopic (exact) mass is 279 g/mol. The molecule has 1 saturated heterocycles. The molecule has 0 saturated carbocycles. The second-order valence-corrected chi connectivity index (χ2v) is 5.36. The number of imidazole rings is 1. The van der Waals surface area contributed by atoms with Crippen molar-refractivity contribution in [2.75, 3.05) is 11.4 Å². The van der Waals surface area contributed by atoms with E-state index in [9.17, 15) is 0 Å². The molecular weight excluding hydrogens is 262 g/mol. The molecule has 5 nitrogen and oxygen atoms in total. The fourth-order valence-corrected chi connectivity index (χ4v) is 3.04. The molecular formula is C13H18ClN5. The lowest BCUT2D eigenvalue weighted by atomic mass is 10.1. The topological polar surface area (TPSA) is 57.7 Å². The van der Waals surface area contributed by atoms with E-state index in [0.29, 0.717) is 11.7 Å². The summed E-state index contributed by atoms with van der Waals surface area (Å²) in [5.74, 6) is 0.904. The third kappa shape index (κ3) is 2.39. The van der Waals surface area contributed by atoms with Crippen molar-refractivity contribution in [3.63, 3.8) is 0 Å². The minimum Gasteiger partial charge on any atom is -0.352 e. The average Bonchev–Trinajstić information content (AvgIpc) is 2.74. The predicted octanol–water partition coefficient (Wildman–Crippen LogP) is 3.17. The van der Waals surface area contributed by atoms with Gasteiger partial charge in [0.25, 0.3) is 0 Å². The van der Waals surface area contributed by atoms with Gasteiger partial charge in [0.1, 0.15) is 5.52 Å². The molecule has 6 heteroatoms. The molecule has 0 bridgehead atoms. The summed E-state index contributed by atoms with van der Waals surface area (Å²) in [6.45, 7) is 3.26. The van der Waals surface area contributed by atoms with Crippen LogP contribution in [0.2, 0.25) is 5.28 Å². The Morgan fingerprint density at radius 2 is 2.26 bits per heavy atom. The molecule has 2 aromatic heterocycles. The molecule has 3 rings (SSSR count). The second-order valence-electron chi connectivity index (χ2n) is 5.02. The van der Waals surface area contributed by atoms with Crippen LogP contribution >= 0.6 is 11.6 Å². The first-order valence-electron chi connectivity index (χ1n) is 6.93. The predicted molar refractivity (Wildman–Crippen MR) is 76.6 cm³/mol. The Bertz CT molecular complexity index is 567. The van der Waals surface area contributed by atoms with Crippen LogP contribution in [0.5, 0.6) is 0 Å². The van der Waals surface area contributed by atoms with Gasteiger partial charge in [0.15, 0.2) is 11.5 Å². The zero-order valence-corrected chi connectivity index (χ0v) is 11.8. The summed E-state index contributed by atoms with van der Waals surface area (Å²) in [7, 11) is 0. The third-order valence-electron chi connectivity index (χ3n) is 3.86. The lowest BCUT2D eigenvalue weighted by molar-refractivity contribution is 0.553. The minimum atomic E-state index is 0.272. The first-order chi connectivity index (χ1) is 9.29. The van der Waals surface area contributed by atoms with Crippen LogP contribution in [-0.4, -0.2) is 32.5 Å². The molecule has 0 aliphatic carbocycles. The molecule has 1 unspecified atom stereocenters. The van der Waals surface area contributed by atoms with Crippen LogP contribution in [0, 0.1) is 0 Å². The molecule has 0 aromatic carbocycles. The number of nitrogens with zero attached hydrogens (tertiary/aromatic N) is 4. The summed E-state index contributed by atoms with van der Waals surface area (Å²) in [5, 5.41) is 0.272. The maximum absolute atomic E-state index is 6.03. The summed E-state index contributed by atoms with van der Waals surface area (Å²) in [6, 6.07) is 0.528. The molecule has 1 aliphatic rings. The number of hydrogen-bond donors (Lipinski definition) is 1. The van der Waals surface area contributed by atoms with Crippen LogP contribution < -0.4 is 4.90 Å². The Hall–Kier alpha value is -1.36. The number of rotatable bonds is 2. The molecule has 0 amide bonds. The zero-order valence-electron chi connectivity index (χ0n) is 11.1. The summed E-state index contributed by atoms with van der Waals surface area (Å²) in [4.78, 5) is 18.3. The van der Waals surface area contributed by atoms with Gasteiger partial charge in [0.05, 0.1) is 6.33 Å². The number of aromatic amines is 1. The van der Waals surface area contributed by atoms with E-state index in [1.807, 2.05) is 0 Å². The van der Waals surface area contributed by atoms with Crippen molar-refractivity contribution in [2.45, 2.75) is 45.1 Å². The largest absolute Gasteiger partial charge is 0.352 e. The highest BCUT2D eigenvalue weighted by Crippen LogP contribution is 2.29. The van der Waals surface area contributed by atoms with Gasteiger partial charge >= 0.3 is 0 Å². The summed E-state index contributed by atoms with van der Waals surface area (Å²) in [5.41, 5.74) is 1.54. The highest BCUT2D eigenvalue weighted by atomic mass is 35.5. The molecule has 1 fully saturated rings.